The summed E-state index contributed by atoms with van der Waals surface area (Å²) in [6, 6.07) is 0.758. The van der Waals surface area contributed by atoms with Crippen molar-refractivity contribution >= 4 is 0 Å². The van der Waals surface area contributed by atoms with Crippen molar-refractivity contribution in [2.75, 3.05) is 39.3 Å². The summed E-state index contributed by atoms with van der Waals surface area (Å²) in [5.74, 6) is 0. The number of aryl methyl sites for hydroxylation is 1. The third-order valence-electron chi connectivity index (χ3n) is 3.64. The lowest BCUT2D eigenvalue weighted by Crippen LogP contribution is -2.62. The molecule has 0 unspecified atom stereocenters. The Kier molecular flexibility index (Phi) is 3.09. The first-order chi connectivity index (χ1) is 8.31. The van der Waals surface area contributed by atoms with Crippen LogP contribution >= 0.6 is 0 Å². The molecule has 2 saturated heterocycles. The molecule has 1 aromatic rings. The summed E-state index contributed by atoms with van der Waals surface area (Å²) >= 11 is 0. The number of hydrogen-bond acceptors (Lipinski definition) is 5. The van der Waals surface area contributed by atoms with Gasteiger partial charge in [-0.25, -0.2) is 0 Å². The van der Waals surface area contributed by atoms with Crippen LogP contribution < -0.4 is 5.32 Å². The maximum Gasteiger partial charge on any atom is 0.0967 e. The Morgan fingerprint density at radius 3 is 2.76 bits per heavy atom. The van der Waals surface area contributed by atoms with Gasteiger partial charge < -0.3 is 5.32 Å². The van der Waals surface area contributed by atoms with Gasteiger partial charge in [-0.2, -0.15) is 0 Å². The second-order valence-electron chi connectivity index (χ2n) is 5.02. The second-order valence-corrected chi connectivity index (χ2v) is 5.02. The van der Waals surface area contributed by atoms with Crippen molar-refractivity contribution < 1.29 is 0 Å². The van der Waals surface area contributed by atoms with Crippen molar-refractivity contribution in [3.8, 4) is 0 Å². The molecule has 1 N–H and O–H groups in total. The molecule has 2 aliphatic heterocycles. The molecule has 3 rings (SSSR count). The molecule has 0 bridgehead atoms. The van der Waals surface area contributed by atoms with E-state index in [1.165, 1.54) is 26.2 Å². The van der Waals surface area contributed by atoms with E-state index < -0.39 is 0 Å². The summed E-state index contributed by atoms with van der Waals surface area (Å²) < 4.78 is 1.77. The van der Waals surface area contributed by atoms with Gasteiger partial charge in [0.1, 0.15) is 0 Å². The van der Waals surface area contributed by atoms with E-state index in [0.29, 0.717) is 0 Å². The fourth-order valence-electron chi connectivity index (χ4n) is 2.65. The van der Waals surface area contributed by atoms with Crippen molar-refractivity contribution in [1.29, 1.82) is 0 Å². The molecular formula is C11H20N6. The van der Waals surface area contributed by atoms with Gasteiger partial charge in [-0.3, -0.25) is 14.5 Å². The molecule has 0 radical (unpaired) electrons. The Morgan fingerprint density at radius 1 is 1.35 bits per heavy atom. The average Bonchev–Trinajstić information content (AvgIpc) is 2.70. The van der Waals surface area contributed by atoms with Gasteiger partial charge in [-0.05, 0) is 0 Å². The van der Waals surface area contributed by atoms with Crippen LogP contribution in [0.5, 0.6) is 0 Å². The van der Waals surface area contributed by atoms with E-state index in [9.17, 15) is 0 Å². The van der Waals surface area contributed by atoms with E-state index in [2.05, 4.69) is 25.4 Å². The van der Waals surface area contributed by atoms with Crippen molar-refractivity contribution in [3.63, 3.8) is 0 Å². The Bertz CT molecular complexity index is 364. The lowest BCUT2D eigenvalue weighted by molar-refractivity contribution is 0.0216. The predicted octanol–water partition coefficient (Wildman–Crippen LogP) is -1.10. The highest BCUT2D eigenvalue weighted by atomic mass is 15.4. The quantitative estimate of drug-likeness (QED) is 0.722. The van der Waals surface area contributed by atoms with Gasteiger partial charge in [0.05, 0.1) is 5.69 Å². The smallest absolute Gasteiger partial charge is 0.0967 e. The van der Waals surface area contributed by atoms with Gasteiger partial charge in [0.2, 0.25) is 0 Å². The van der Waals surface area contributed by atoms with E-state index in [4.69, 9.17) is 0 Å². The Balaban J connectivity index is 1.45. The lowest BCUT2D eigenvalue weighted by Gasteiger charge is -2.46. The van der Waals surface area contributed by atoms with Crippen LogP contribution in [0.3, 0.4) is 0 Å². The highest BCUT2D eigenvalue weighted by molar-refractivity contribution is 4.97. The van der Waals surface area contributed by atoms with Crippen LogP contribution in [0.15, 0.2) is 6.20 Å². The molecule has 94 valence electrons. The first-order valence-electron chi connectivity index (χ1n) is 6.33. The van der Waals surface area contributed by atoms with Crippen LogP contribution in [0.4, 0.5) is 0 Å². The number of piperazine rings is 1. The molecule has 0 amide bonds. The monoisotopic (exact) mass is 236 g/mol. The van der Waals surface area contributed by atoms with Crippen molar-refractivity contribution in [2.24, 2.45) is 7.05 Å². The Morgan fingerprint density at radius 2 is 2.12 bits per heavy atom. The van der Waals surface area contributed by atoms with E-state index in [1.807, 2.05) is 13.2 Å². The molecule has 0 saturated carbocycles. The normalized spacial score (nSPS) is 23.8. The zero-order valence-corrected chi connectivity index (χ0v) is 10.3. The van der Waals surface area contributed by atoms with E-state index >= 15 is 0 Å². The minimum absolute atomic E-state index is 0.758. The van der Waals surface area contributed by atoms with Gasteiger partial charge in [-0.1, -0.05) is 5.21 Å². The number of rotatable bonds is 3. The number of aromatic nitrogens is 3. The molecular weight excluding hydrogens is 216 g/mol. The minimum atomic E-state index is 0.758. The van der Waals surface area contributed by atoms with Gasteiger partial charge in [-0.15, -0.1) is 5.10 Å². The first kappa shape index (κ1) is 11.1. The summed E-state index contributed by atoms with van der Waals surface area (Å²) in [6.07, 6.45) is 2.00. The van der Waals surface area contributed by atoms with Gasteiger partial charge >= 0.3 is 0 Å². The number of nitrogens with zero attached hydrogens (tertiary/aromatic N) is 5. The fraction of sp³-hybridized carbons (Fsp3) is 0.818. The van der Waals surface area contributed by atoms with Crippen LogP contribution in [0, 0.1) is 0 Å². The van der Waals surface area contributed by atoms with E-state index in [1.54, 1.807) is 4.68 Å². The number of nitrogens with one attached hydrogen (secondary N) is 1. The lowest BCUT2D eigenvalue weighted by atomic mass is 10.1. The summed E-state index contributed by atoms with van der Waals surface area (Å²) in [5.41, 5.74) is 1.08. The SMILES string of the molecule is Cn1cc(CN2CC(N3CCNCC3)C2)nn1. The molecule has 3 heterocycles. The van der Waals surface area contributed by atoms with E-state index in [-0.39, 0.29) is 0 Å². The zero-order chi connectivity index (χ0) is 11.7. The first-order valence-corrected chi connectivity index (χ1v) is 6.33. The zero-order valence-electron chi connectivity index (χ0n) is 10.3. The summed E-state index contributed by atoms with van der Waals surface area (Å²) in [5, 5.41) is 11.5. The maximum atomic E-state index is 4.12. The van der Waals surface area contributed by atoms with Crippen molar-refractivity contribution in [1.82, 2.24) is 30.1 Å². The standard InChI is InChI=1S/C11H20N6/c1-15-6-10(13-14-15)7-16-8-11(9-16)17-4-2-12-3-5-17/h6,11-12H,2-5,7-9H2,1H3. The molecule has 0 aliphatic carbocycles. The van der Waals surface area contributed by atoms with Crippen LogP contribution in [-0.4, -0.2) is 70.1 Å². The molecule has 2 fully saturated rings. The molecule has 2 aliphatic rings. The van der Waals surface area contributed by atoms with Crippen LogP contribution in [0.25, 0.3) is 0 Å². The average molecular weight is 236 g/mol. The third kappa shape index (κ3) is 2.48. The van der Waals surface area contributed by atoms with Gasteiger partial charge in [0.15, 0.2) is 0 Å². The largest absolute Gasteiger partial charge is 0.314 e. The predicted molar refractivity (Wildman–Crippen MR) is 64.5 cm³/mol. The molecule has 6 nitrogen and oxygen atoms in total. The summed E-state index contributed by atoms with van der Waals surface area (Å²) in [6.45, 7) is 7.97. The van der Waals surface area contributed by atoms with Crippen molar-refractivity contribution in [2.45, 2.75) is 12.6 Å². The van der Waals surface area contributed by atoms with Gasteiger partial charge in [0, 0.05) is 65.1 Å². The molecule has 0 spiro atoms. The summed E-state index contributed by atoms with van der Waals surface area (Å²) in [7, 11) is 1.91. The third-order valence-corrected chi connectivity index (χ3v) is 3.64. The van der Waals surface area contributed by atoms with Crippen LogP contribution in [-0.2, 0) is 13.6 Å². The molecule has 6 heteroatoms. The Labute approximate surface area is 102 Å². The molecule has 0 aromatic carbocycles. The minimum Gasteiger partial charge on any atom is -0.314 e. The number of likely N-dealkylation sites (tertiary alicyclic amines) is 1. The van der Waals surface area contributed by atoms with Crippen LogP contribution in [0.1, 0.15) is 5.69 Å². The molecule has 17 heavy (non-hydrogen) atoms. The van der Waals surface area contributed by atoms with E-state index in [0.717, 1.165) is 31.4 Å². The Hall–Kier alpha value is -0.980. The molecule has 0 atom stereocenters. The summed E-state index contributed by atoms with van der Waals surface area (Å²) in [4.78, 5) is 5.04. The van der Waals surface area contributed by atoms with Gasteiger partial charge in [0.25, 0.3) is 0 Å². The fourth-order valence-corrected chi connectivity index (χ4v) is 2.65. The number of hydrogen-bond donors (Lipinski definition) is 1. The highest BCUT2D eigenvalue weighted by Gasteiger charge is 2.32. The van der Waals surface area contributed by atoms with Crippen molar-refractivity contribution in [3.05, 3.63) is 11.9 Å². The topological polar surface area (TPSA) is 49.2 Å². The molecule has 1 aromatic heterocycles. The maximum absolute atomic E-state index is 4.12. The van der Waals surface area contributed by atoms with Crippen LogP contribution in [0.2, 0.25) is 0 Å². The second kappa shape index (κ2) is 4.72. The highest BCUT2D eigenvalue weighted by Crippen LogP contribution is 2.17.